The van der Waals surface area contributed by atoms with Gasteiger partial charge in [0.15, 0.2) is 5.82 Å². The molecule has 3 aromatic rings. The van der Waals surface area contributed by atoms with E-state index in [1.54, 1.807) is 6.20 Å². The molecule has 29 heavy (non-hydrogen) atoms. The van der Waals surface area contributed by atoms with Crippen LogP contribution in [0.2, 0.25) is 0 Å². The first-order valence-corrected chi connectivity index (χ1v) is 9.60. The maximum absolute atomic E-state index is 11.7. The molecule has 3 rings (SSSR count). The Morgan fingerprint density at radius 2 is 2.14 bits per heavy atom. The highest BCUT2D eigenvalue weighted by molar-refractivity contribution is 5.94. The number of carbonyl (C=O) groups excluding carboxylic acids is 2. The molecular formula is C21H26N6O2. The van der Waals surface area contributed by atoms with Crippen molar-refractivity contribution < 1.29 is 9.59 Å². The fourth-order valence-electron chi connectivity index (χ4n) is 3.30. The molecule has 0 spiro atoms. The molecule has 0 atom stereocenters. The molecule has 2 amide bonds. The molecule has 0 aliphatic rings. The number of amides is 2. The van der Waals surface area contributed by atoms with Gasteiger partial charge in [-0.25, -0.2) is 4.98 Å². The first-order chi connectivity index (χ1) is 14.0. The molecule has 0 aliphatic carbocycles. The van der Waals surface area contributed by atoms with Crippen LogP contribution in [-0.4, -0.2) is 45.8 Å². The molecular weight excluding hydrogens is 368 g/mol. The van der Waals surface area contributed by atoms with Crippen LogP contribution in [0.4, 0.5) is 11.5 Å². The maximum Gasteiger partial charge on any atom is 0.224 e. The Hall–Kier alpha value is -3.26. The first-order valence-electron chi connectivity index (χ1n) is 9.60. The summed E-state index contributed by atoms with van der Waals surface area (Å²) in [6, 6.07) is 5.95. The minimum absolute atomic E-state index is 0.00491. The van der Waals surface area contributed by atoms with Crippen molar-refractivity contribution in [2.75, 3.05) is 24.2 Å². The van der Waals surface area contributed by atoms with Crippen molar-refractivity contribution in [2.24, 2.45) is 0 Å². The van der Waals surface area contributed by atoms with Gasteiger partial charge in [-0.3, -0.25) is 14.6 Å². The molecule has 0 bridgehead atoms. The number of hydrogen-bond donors (Lipinski definition) is 3. The van der Waals surface area contributed by atoms with Gasteiger partial charge in [0.2, 0.25) is 12.3 Å². The Kier molecular flexibility index (Phi) is 6.56. The molecule has 2 aromatic heterocycles. The van der Waals surface area contributed by atoms with Gasteiger partial charge in [0, 0.05) is 48.0 Å². The van der Waals surface area contributed by atoms with E-state index in [0.717, 1.165) is 40.9 Å². The number of rotatable bonds is 9. The molecule has 0 saturated heterocycles. The zero-order valence-electron chi connectivity index (χ0n) is 17.0. The number of nitrogens with zero attached hydrogens (tertiary/aromatic N) is 3. The Labute approximate surface area is 169 Å². The van der Waals surface area contributed by atoms with Gasteiger partial charge in [-0.1, -0.05) is 6.92 Å². The highest BCUT2D eigenvalue weighted by Gasteiger charge is 2.12. The SMILES string of the molecule is CCC(=O)Nc1ccc2[nH]c(C)c(CCN(C)Cc3cncc(NC=O)n3)c2c1. The van der Waals surface area contributed by atoms with Crippen molar-refractivity contribution in [3.8, 4) is 0 Å². The van der Waals surface area contributed by atoms with Gasteiger partial charge in [-0.05, 0) is 44.2 Å². The molecule has 0 radical (unpaired) electrons. The summed E-state index contributed by atoms with van der Waals surface area (Å²) in [6.07, 6.45) is 5.12. The molecule has 152 valence electrons. The van der Waals surface area contributed by atoms with E-state index in [-0.39, 0.29) is 5.91 Å². The van der Waals surface area contributed by atoms with Crippen LogP contribution in [0.25, 0.3) is 10.9 Å². The second kappa shape index (κ2) is 9.29. The molecule has 8 heteroatoms. The number of H-pyrrole nitrogens is 1. The van der Waals surface area contributed by atoms with Crippen molar-refractivity contribution in [2.45, 2.75) is 33.2 Å². The predicted octanol–water partition coefficient (Wildman–Crippen LogP) is 2.86. The second-order valence-electron chi connectivity index (χ2n) is 7.04. The normalized spacial score (nSPS) is 11.0. The van der Waals surface area contributed by atoms with Crippen molar-refractivity contribution in [3.63, 3.8) is 0 Å². The lowest BCUT2D eigenvalue weighted by Crippen LogP contribution is -2.21. The Bertz CT molecular complexity index is 1010. The molecule has 0 saturated carbocycles. The minimum atomic E-state index is 0.00491. The summed E-state index contributed by atoms with van der Waals surface area (Å²) in [5.41, 5.74) is 5.03. The zero-order chi connectivity index (χ0) is 20.8. The molecule has 8 nitrogen and oxygen atoms in total. The summed E-state index contributed by atoms with van der Waals surface area (Å²) in [5, 5.41) is 6.57. The number of hydrogen-bond acceptors (Lipinski definition) is 5. The van der Waals surface area contributed by atoms with E-state index >= 15 is 0 Å². The fourth-order valence-corrected chi connectivity index (χ4v) is 3.30. The quantitative estimate of drug-likeness (QED) is 0.484. The van der Waals surface area contributed by atoms with Crippen LogP contribution in [0.15, 0.2) is 30.6 Å². The molecule has 0 unspecified atom stereocenters. The van der Waals surface area contributed by atoms with E-state index in [9.17, 15) is 9.59 Å². The predicted molar refractivity (Wildman–Crippen MR) is 114 cm³/mol. The van der Waals surface area contributed by atoms with Crippen molar-refractivity contribution in [1.29, 1.82) is 0 Å². The highest BCUT2D eigenvalue weighted by atomic mass is 16.1. The average molecular weight is 394 g/mol. The van der Waals surface area contributed by atoms with Crippen LogP contribution in [0.5, 0.6) is 0 Å². The largest absolute Gasteiger partial charge is 0.358 e. The van der Waals surface area contributed by atoms with Crippen LogP contribution in [0.1, 0.15) is 30.3 Å². The maximum atomic E-state index is 11.7. The zero-order valence-corrected chi connectivity index (χ0v) is 17.0. The molecule has 0 fully saturated rings. The van der Waals surface area contributed by atoms with Gasteiger partial charge in [0.25, 0.3) is 0 Å². The molecule has 3 N–H and O–H groups in total. The van der Waals surface area contributed by atoms with Crippen LogP contribution < -0.4 is 10.6 Å². The summed E-state index contributed by atoms with van der Waals surface area (Å²) < 4.78 is 0. The fraction of sp³-hybridized carbons (Fsp3) is 0.333. The number of aromatic amines is 1. The van der Waals surface area contributed by atoms with Crippen LogP contribution in [0.3, 0.4) is 0 Å². The smallest absolute Gasteiger partial charge is 0.224 e. The van der Waals surface area contributed by atoms with E-state index in [2.05, 4.69) is 37.4 Å². The van der Waals surface area contributed by atoms with Gasteiger partial charge < -0.3 is 20.5 Å². The highest BCUT2D eigenvalue weighted by Crippen LogP contribution is 2.26. The lowest BCUT2D eigenvalue weighted by atomic mass is 10.1. The Morgan fingerprint density at radius 1 is 1.31 bits per heavy atom. The van der Waals surface area contributed by atoms with Crippen molar-refractivity contribution in [1.82, 2.24) is 19.9 Å². The summed E-state index contributed by atoms with van der Waals surface area (Å²) in [7, 11) is 2.03. The van der Waals surface area contributed by atoms with Gasteiger partial charge in [-0.2, -0.15) is 0 Å². The standard InChI is InChI=1S/C21H26N6O2/c1-4-21(29)26-15-5-6-19-18(9-15)17(14(2)24-19)7-8-27(3)12-16-10-22-11-20(25-16)23-13-28/h5-6,9-11,13,24H,4,7-8,12H2,1-3H3,(H,26,29)(H,23,25,28). The van der Waals surface area contributed by atoms with Crippen LogP contribution >= 0.6 is 0 Å². The van der Waals surface area contributed by atoms with E-state index in [0.29, 0.717) is 25.2 Å². The van der Waals surface area contributed by atoms with Gasteiger partial charge in [0.1, 0.15) is 0 Å². The number of benzene rings is 1. The summed E-state index contributed by atoms with van der Waals surface area (Å²) >= 11 is 0. The number of aryl methyl sites for hydroxylation is 1. The van der Waals surface area contributed by atoms with E-state index in [1.165, 1.54) is 11.8 Å². The molecule has 0 aliphatic heterocycles. The second-order valence-corrected chi connectivity index (χ2v) is 7.04. The van der Waals surface area contributed by atoms with Gasteiger partial charge in [-0.15, -0.1) is 0 Å². The lowest BCUT2D eigenvalue weighted by Gasteiger charge is -2.16. The number of carbonyl (C=O) groups is 2. The number of anilines is 2. The van der Waals surface area contributed by atoms with E-state index < -0.39 is 0 Å². The number of fused-ring (bicyclic) bond motifs is 1. The third-order valence-corrected chi connectivity index (χ3v) is 4.79. The third-order valence-electron chi connectivity index (χ3n) is 4.79. The number of likely N-dealkylation sites (N-methyl/N-ethyl adjacent to an activating group) is 1. The minimum Gasteiger partial charge on any atom is -0.358 e. The topological polar surface area (TPSA) is 103 Å². The van der Waals surface area contributed by atoms with Crippen LogP contribution in [-0.2, 0) is 22.6 Å². The molecule has 1 aromatic carbocycles. The Morgan fingerprint density at radius 3 is 2.90 bits per heavy atom. The van der Waals surface area contributed by atoms with Gasteiger partial charge >= 0.3 is 0 Å². The summed E-state index contributed by atoms with van der Waals surface area (Å²) in [4.78, 5) is 36.3. The van der Waals surface area contributed by atoms with E-state index in [4.69, 9.17) is 0 Å². The first kappa shape index (κ1) is 20.5. The van der Waals surface area contributed by atoms with Gasteiger partial charge in [0.05, 0.1) is 11.9 Å². The average Bonchev–Trinajstić information content (AvgIpc) is 3.01. The lowest BCUT2D eigenvalue weighted by molar-refractivity contribution is -0.115. The summed E-state index contributed by atoms with van der Waals surface area (Å²) in [5.74, 6) is 0.449. The summed E-state index contributed by atoms with van der Waals surface area (Å²) in [6.45, 7) is 5.36. The number of aromatic nitrogens is 3. The number of nitrogens with one attached hydrogen (secondary N) is 3. The van der Waals surface area contributed by atoms with Crippen molar-refractivity contribution in [3.05, 3.63) is 47.5 Å². The third kappa shape index (κ3) is 5.17. The van der Waals surface area contributed by atoms with E-state index in [1.807, 2.05) is 32.2 Å². The molecule has 2 heterocycles. The van der Waals surface area contributed by atoms with Crippen molar-refractivity contribution >= 4 is 34.7 Å². The Balaban J connectivity index is 1.69. The monoisotopic (exact) mass is 394 g/mol. The van der Waals surface area contributed by atoms with Crippen LogP contribution in [0, 0.1) is 6.92 Å².